The van der Waals surface area contributed by atoms with Gasteiger partial charge in [0.1, 0.15) is 0 Å². The minimum atomic E-state index is -0.946. The molecule has 0 aliphatic heterocycles. The van der Waals surface area contributed by atoms with Crippen LogP contribution in [0.5, 0.6) is 0 Å². The van der Waals surface area contributed by atoms with Gasteiger partial charge in [0, 0.05) is 6.54 Å². The minimum Gasteiger partial charge on any atom is -0.465 e. The molecule has 3 nitrogen and oxygen atoms in total. The lowest BCUT2D eigenvalue weighted by atomic mass is 10.2. The van der Waals surface area contributed by atoms with E-state index in [1.54, 1.807) is 0 Å². The van der Waals surface area contributed by atoms with Crippen LogP contribution in [-0.4, -0.2) is 17.7 Å². The standard InChI is InChI=1S/C5H11NO2.C5H10/c1-4(2)3-6-5(7)8;1-2-4-5-3-1/h4,6H,3H2,1-2H3,(H,7,8);1-5H2. The summed E-state index contributed by atoms with van der Waals surface area (Å²) in [6, 6.07) is 0. The third-order valence-corrected chi connectivity index (χ3v) is 1.91. The number of hydrogen-bond donors (Lipinski definition) is 2. The summed E-state index contributed by atoms with van der Waals surface area (Å²) in [4.78, 5) is 9.79. The van der Waals surface area contributed by atoms with E-state index in [1.165, 1.54) is 32.1 Å². The van der Waals surface area contributed by atoms with E-state index in [9.17, 15) is 4.79 Å². The average Bonchev–Trinajstić information content (AvgIpc) is 2.57. The number of hydrogen-bond acceptors (Lipinski definition) is 1. The highest BCUT2D eigenvalue weighted by Crippen LogP contribution is 2.15. The highest BCUT2D eigenvalue weighted by molar-refractivity contribution is 5.64. The van der Waals surface area contributed by atoms with Crippen molar-refractivity contribution in [3.05, 3.63) is 0 Å². The maximum absolute atomic E-state index is 9.79. The summed E-state index contributed by atoms with van der Waals surface area (Å²) >= 11 is 0. The molecule has 1 aliphatic rings. The topological polar surface area (TPSA) is 49.3 Å². The zero-order chi connectivity index (χ0) is 10.1. The minimum absolute atomic E-state index is 0.395. The highest BCUT2D eigenvalue weighted by atomic mass is 16.4. The second-order valence-electron chi connectivity index (χ2n) is 3.85. The summed E-state index contributed by atoms with van der Waals surface area (Å²) in [5, 5.41) is 10.3. The van der Waals surface area contributed by atoms with Gasteiger partial charge < -0.3 is 10.4 Å². The number of amides is 1. The molecule has 0 bridgehead atoms. The van der Waals surface area contributed by atoms with Crippen molar-refractivity contribution in [2.45, 2.75) is 46.0 Å². The lowest BCUT2D eigenvalue weighted by molar-refractivity contribution is 0.193. The molecule has 1 amide bonds. The van der Waals surface area contributed by atoms with Crippen molar-refractivity contribution in [3.8, 4) is 0 Å². The fourth-order valence-electron chi connectivity index (χ4n) is 1.18. The molecule has 2 N–H and O–H groups in total. The number of nitrogens with one attached hydrogen (secondary N) is 1. The average molecular weight is 187 g/mol. The summed E-state index contributed by atoms with van der Waals surface area (Å²) in [5.74, 6) is 0.395. The first kappa shape index (κ1) is 12.3. The van der Waals surface area contributed by atoms with Crippen molar-refractivity contribution in [1.82, 2.24) is 5.32 Å². The van der Waals surface area contributed by atoms with Crippen LogP contribution < -0.4 is 5.32 Å². The lowest BCUT2D eigenvalue weighted by Crippen LogP contribution is -2.24. The highest BCUT2D eigenvalue weighted by Gasteiger charge is 1.95. The molecule has 0 aromatic heterocycles. The maximum atomic E-state index is 9.79. The van der Waals surface area contributed by atoms with Crippen LogP contribution >= 0.6 is 0 Å². The van der Waals surface area contributed by atoms with Crippen LogP contribution in [0.3, 0.4) is 0 Å². The summed E-state index contributed by atoms with van der Waals surface area (Å²) < 4.78 is 0. The van der Waals surface area contributed by atoms with Crippen LogP contribution in [-0.2, 0) is 0 Å². The summed E-state index contributed by atoms with van der Waals surface area (Å²) in [6.45, 7) is 4.45. The van der Waals surface area contributed by atoms with E-state index in [1.807, 2.05) is 13.8 Å². The Labute approximate surface area is 80.5 Å². The molecule has 13 heavy (non-hydrogen) atoms. The van der Waals surface area contributed by atoms with Gasteiger partial charge in [0.25, 0.3) is 0 Å². The van der Waals surface area contributed by atoms with Crippen molar-refractivity contribution in [1.29, 1.82) is 0 Å². The fraction of sp³-hybridized carbons (Fsp3) is 0.900. The Bertz CT molecular complexity index is 123. The summed E-state index contributed by atoms with van der Waals surface area (Å²) in [6.07, 6.45) is 6.55. The third-order valence-electron chi connectivity index (χ3n) is 1.91. The Hall–Kier alpha value is -0.730. The van der Waals surface area contributed by atoms with E-state index in [0.29, 0.717) is 12.5 Å². The van der Waals surface area contributed by atoms with Gasteiger partial charge in [-0.2, -0.15) is 0 Å². The first-order valence-electron chi connectivity index (χ1n) is 5.09. The van der Waals surface area contributed by atoms with Crippen LogP contribution in [0.25, 0.3) is 0 Å². The zero-order valence-corrected chi connectivity index (χ0v) is 8.68. The number of carbonyl (C=O) groups is 1. The quantitative estimate of drug-likeness (QED) is 0.698. The first-order chi connectivity index (χ1) is 6.13. The summed E-state index contributed by atoms with van der Waals surface area (Å²) in [7, 11) is 0. The Morgan fingerprint density at radius 1 is 1.23 bits per heavy atom. The molecular formula is C10H21NO2. The third kappa shape index (κ3) is 11.3. The van der Waals surface area contributed by atoms with E-state index in [0.717, 1.165) is 0 Å². The van der Waals surface area contributed by atoms with Crippen molar-refractivity contribution >= 4 is 6.09 Å². The van der Waals surface area contributed by atoms with Gasteiger partial charge >= 0.3 is 6.09 Å². The van der Waals surface area contributed by atoms with Crippen LogP contribution in [0.15, 0.2) is 0 Å². The molecule has 0 saturated heterocycles. The Morgan fingerprint density at radius 3 is 1.77 bits per heavy atom. The normalized spacial score (nSPS) is 15.0. The number of rotatable bonds is 2. The lowest BCUT2D eigenvalue weighted by Gasteiger charge is -2.01. The van der Waals surface area contributed by atoms with Gasteiger partial charge in [-0.05, 0) is 5.92 Å². The van der Waals surface area contributed by atoms with Gasteiger partial charge in [0.2, 0.25) is 0 Å². The van der Waals surface area contributed by atoms with Gasteiger partial charge in [0.05, 0.1) is 0 Å². The molecule has 0 spiro atoms. The van der Waals surface area contributed by atoms with Gasteiger partial charge in [-0.25, -0.2) is 4.79 Å². The van der Waals surface area contributed by atoms with Gasteiger partial charge in [0.15, 0.2) is 0 Å². The molecule has 1 saturated carbocycles. The summed E-state index contributed by atoms with van der Waals surface area (Å²) in [5.41, 5.74) is 0. The van der Waals surface area contributed by atoms with E-state index >= 15 is 0 Å². The molecule has 0 aromatic carbocycles. The fourth-order valence-corrected chi connectivity index (χ4v) is 1.18. The van der Waals surface area contributed by atoms with E-state index in [4.69, 9.17) is 5.11 Å². The van der Waals surface area contributed by atoms with Crippen LogP contribution in [0.1, 0.15) is 46.0 Å². The Balaban J connectivity index is 0.000000243. The molecule has 78 valence electrons. The molecule has 1 aliphatic carbocycles. The molecule has 0 aromatic rings. The molecule has 0 unspecified atom stereocenters. The second-order valence-corrected chi connectivity index (χ2v) is 3.85. The SMILES string of the molecule is C1CCCC1.CC(C)CNC(=O)O. The van der Waals surface area contributed by atoms with Crippen molar-refractivity contribution in [3.63, 3.8) is 0 Å². The predicted molar refractivity (Wildman–Crippen MR) is 54.0 cm³/mol. The van der Waals surface area contributed by atoms with E-state index in [-0.39, 0.29) is 0 Å². The van der Waals surface area contributed by atoms with Crippen molar-refractivity contribution in [2.75, 3.05) is 6.54 Å². The molecule has 0 radical (unpaired) electrons. The largest absolute Gasteiger partial charge is 0.465 e. The van der Waals surface area contributed by atoms with E-state index in [2.05, 4.69) is 5.32 Å². The molecule has 0 atom stereocenters. The van der Waals surface area contributed by atoms with E-state index < -0.39 is 6.09 Å². The Kier molecular flexibility index (Phi) is 7.45. The maximum Gasteiger partial charge on any atom is 0.404 e. The van der Waals surface area contributed by atoms with Crippen molar-refractivity contribution in [2.24, 2.45) is 5.92 Å². The number of carboxylic acid groups (broad SMARTS) is 1. The molecular weight excluding hydrogens is 166 g/mol. The predicted octanol–water partition coefficient (Wildman–Crippen LogP) is 2.86. The van der Waals surface area contributed by atoms with Gasteiger partial charge in [-0.15, -0.1) is 0 Å². The van der Waals surface area contributed by atoms with Gasteiger partial charge in [-0.1, -0.05) is 46.0 Å². The van der Waals surface area contributed by atoms with Crippen LogP contribution in [0.4, 0.5) is 4.79 Å². The van der Waals surface area contributed by atoms with Crippen LogP contribution in [0, 0.1) is 5.92 Å². The zero-order valence-electron chi connectivity index (χ0n) is 8.68. The molecule has 1 fully saturated rings. The second kappa shape index (κ2) is 7.90. The Morgan fingerprint density at radius 2 is 1.62 bits per heavy atom. The molecule has 3 heteroatoms. The van der Waals surface area contributed by atoms with Crippen molar-refractivity contribution < 1.29 is 9.90 Å². The molecule has 1 rings (SSSR count). The monoisotopic (exact) mass is 187 g/mol. The smallest absolute Gasteiger partial charge is 0.404 e. The first-order valence-corrected chi connectivity index (χ1v) is 5.09. The molecule has 0 heterocycles. The van der Waals surface area contributed by atoms with Crippen LogP contribution in [0.2, 0.25) is 0 Å². The van der Waals surface area contributed by atoms with Gasteiger partial charge in [-0.3, -0.25) is 0 Å².